The molecule has 0 radical (unpaired) electrons. The van der Waals surface area contributed by atoms with Crippen molar-refractivity contribution in [1.29, 1.82) is 0 Å². The third kappa shape index (κ3) is 3.08. The van der Waals surface area contributed by atoms with E-state index in [-0.39, 0.29) is 12.4 Å². The number of hydrogen-bond acceptors (Lipinski definition) is 2. The highest BCUT2D eigenvalue weighted by Crippen LogP contribution is 2.29. The van der Waals surface area contributed by atoms with Crippen LogP contribution in [0, 0.1) is 0 Å². The van der Waals surface area contributed by atoms with Crippen LogP contribution < -0.4 is 5.32 Å². The summed E-state index contributed by atoms with van der Waals surface area (Å²) in [5.74, 6) is 1.80. The molecular weight excluding hydrogens is 269 g/mol. The van der Waals surface area contributed by atoms with E-state index in [1.165, 1.54) is 12.8 Å². The van der Waals surface area contributed by atoms with Gasteiger partial charge in [-0.15, -0.1) is 12.4 Å². The van der Waals surface area contributed by atoms with E-state index in [1.54, 1.807) is 0 Å². The van der Waals surface area contributed by atoms with Gasteiger partial charge < -0.3 is 9.73 Å². The second kappa shape index (κ2) is 5.79. The van der Waals surface area contributed by atoms with Crippen LogP contribution in [0.3, 0.4) is 0 Å². The fourth-order valence-electron chi connectivity index (χ4n) is 1.81. The van der Waals surface area contributed by atoms with Gasteiger partial charge in [0.25, 0.3) is 0 Å². The van der Waals surface area contributed by atoms with Gasteiger partial charge in [-0.1, -0.05) is 23.7 Å². The third-order valence-corrected chi connectivity index (χ3v) is 3.27. The summed E-state index contributed by atoms with van der Waals surface area (Å²) in [5.41, 5.74) is 0.951. The number of nitrogens with one attached hydrogen (secondary N) is 1. The summed E-state index contributed by atoms with van der Waals surface area (Å²) < 4.78 is 5.78. The van der Waals surface area contributed by atoms with E-state index in [0.29, 0.717) is 6.04 Å². The zero-order chi connectivity index (χ0) is 11.7. The van der Waals surface area contributed by atoms with Gasteiger partial charge in [-0.25, -0.2) is 0 Å². The van der Waals surface area contributed by atoms with Crippen molar-refractivity contribution >= 4 is 24.0 Å². The molecule has 1 N–H and O–H groups in total. The largest absolute Gasteiger partial charge is 0.460 e. The molecule has 1 aromatic heterocycles. The molecular formula is C14H15Cl2NO. The number of rotatable bonds is 4. The molecule has 0 saturated heterocycles. The molecule has 96 valence electrons. The van der Waals surface area contributed by atoms with Crippen molar-refractivity contribution in [3.05, 3.63) is 47.2 Å². The Balaban J connectivity index is 0.00000120. The number of furan rings is 1. The number of benzene rings is 1. The Labute approximate surface area is 118 Å². The maximum atomic E-state index is 6.13. The zero-order valence-electron chi connectivity index (χ0n) is 9.86. The molecule has 1 aromatic carbocycles. The van der Waals surface area contributed by atoms with Crippen molar-refractivity contribution < 1.29 is 4.42 Å². The maximum Gasteiger partial charge on any atom is 0.135 e. The first-order valence-corrected chi connectivity index (χ1v) is 6.28. The normalized spacial score (nSPS) is 14.3. The van der Waals surface area contributed by atoms with Crippen LogP contribution in [-0.2, 0) is 6.54 Å². The molecule has 0 aliphatic heterocycles. The lowest BCUT2D eigenvalue weighted by molar-refractivity contribution is 0.492. The van der Waals surface area contributed by atoms with E-state index in [2.05, 4.69) is 5.32 Å². The van der Waals surface area contributed by atoms with Crippen molar-refractivity contribution in [1.82, 2.24) is 5.32 Å². The fraction of sp³-hybridized carbons (Fsp3) is 0.286. The van der Waals surface area contributed by atoms with Crippen LogP contribution in [0.1, 0.15) is 18.6 Å². The molecule has 0 bridgehead atoms. The molecule has 2 aromatic rings. The Hall–Kier alpha value is -0.960. The summed E-state index contributed by atoms with van der Waals surface area (Å²) in [7, 11) is 0. The molecule has 1 aliphatic rings. The molecule has 0 unspecified atom stereocenters. The Morgan fingerprint density at radius 1 is 1.17 bits per heavy atom. The second-order valence-electron chi connectivity index (χ2n) is 4.40. The van der Waals surface area contributed by atoms with Gasteiger partial charge in [0.1, 0.15) is 11.5 Å². The second-order valence-corrected chi connectivity index (χ2v) is 4.81. The number of halogens is 2. The van der Waals surface area contributed by atoms with E-state index in [1.807, 2.05) is 36.4 Å². The smallest absolute Gasteiger partial charge is 0.135 e. The van der Waals surface area contributed by atoms with Gasteiger partial charge in [0.05, 0.1) is 11.6 Å². The van der Waals surface area contributed by atoms with Crippen LogP contribution in [0.15, 0.2) is 40.8 Å². The predicted molar refractivity (Wildman–Crippen MR) is 76.3 cm³/mol. The van der Waals surface area contributed by atoms with Crippen LogP contribution in [-0.4, -0.2) is 6.04 Å². The van der Waals surface area contributed by atoms with Gasteiger partial charge in [0.15, 0.2) is 0 Å². The Morgan fingerprint density at radius 2 is 1.94 bits per heavy atom. The third-order valence-electron chi connectivity index (χ3n) is 2.94. The molecule has 2 nitrogen and oxygen atoms in total. The summed E-state index contributed by atoms with van der Waals surface area (Å²) in [6, 6.07) is 12.4. The lowest BCUT2D eigenvalue weighted by Gasteiger charge is -2.01. The minimum absolute atomic E-state index is 0. The fourth-order valence-corrected chi connectivity index (χ4v) is 2.04. The van der Waals surface area contributed by atoms with E-state index < -0.39 is 0 Å². The Morgan fingerprint density at radius 3 is 2.67 bits per heavy atom. The summed E-state index contributed by atoms with van der Waals surface area (Å²) in [4.78, 5) is 0. The van der Waals surface area contributed by atoms with Crippen molar-refractivity contribution in [2.24, 2.45) is 0 Å². The highest BCUT2D eigenvalue weighted by atomic mass is 35.5. The van der Waals surface area contributed by atoms with E-state index >= 15 is 0 Å². The highest BCUT2D eigenvalue weighted by molar-refractivity contribution is 6.33. The molecule has 1 heterocycles. The average molecular weight is 284 g/mol. The first-order chi connectivity index (χ1) is 8.33. The highest BCUT2D eigenvalue weighted by Gasteiger charge is 2.20. The summed E-state index contributed by atoms with van der Waals surface area (Å²) in [6.45, 7) is 0.801. The molecule has 0 amide bonds. The molecule has 1 fully saturated rings. The molecule has 1 aliphatic carbocycles. The Bertz CT molecular complexity index is 520. The lowest BCUT2D eigenvalue weighted by Crippen LogP contribution is -2.14. The van der Waals surface area contributed by atoms with E-state index in [9.17, 15) is 0 Å². The van der Waals surface area contributed by atoms with Gasteiger partial charge in [-0.2, -0.15) is 0 Å². The van der Waals surface area contributed by atoms with Gasteiger partial charge in [0, 0.05) is 11.6 Å². The van der Waals surface area contributed by atoms with E-state index in [0.717, 1.165) is 28.7 Å². The molecule has 18 heavy (non-hydrogen) atoms. The molecule has 0 atom stereocenters. The average Bonchev–Trinajstić information content (AvgIpc) is 3.06. The SMILES string of the molecule is Cl.Clc1ccccc1-c1ccc(CNC2CC2)o1. The first-order valence-electron chi connectivity index (χ1n) is 5.90. The predicted octanol–water partition coefficient (Wildman–Crippen LogP) is 4.27. The standard InChI is InChI=1S/C14H14ClNO.ClH/c15-13-4-2-1-3-12(13)14-8-7-11(17-14)9-16-10-5-6-10;/h1-4,7-8,10,16H,5-6,9H2;1H. The van der Waals surface area contributed by atoms with Crippen LogP contribution in [0.5, 0.6) is 0 Å². The van der Waals surface area contributed by atoms with Gasteiger partial charge in [-0.3, -0.25) is 0 Å². The molecule has 4 heteroatoms. The monoisotopic (exact) mass is 283 g/mol. The minimum Gasteiger partial charge on any atom is -0.460 e. The van der Waals surface area contributed by atoms with Crippen LogP contribution in [0.4, 0.5) is 0 Å². The minimum atomic E-state index is 0. The summed E-state index contributed by atoms with van der Waals surface area (Å²) in [5, 5.41) is 4.15. The lowest BCUT2D eigenvalue weighted by atomic mass is 10.2. The van der Waals surface area contributed by atoms with Crippen molar-refractivity contribution in [2.45, 2.75) is 25.4 Å². The number of hydrogen-bond donors (Lipinski definition) is 1. The first kappa shape index (κ1) is 13.5. The topological polar surface area (TPSA) is 25.2 Å². The van der Waals surface area contributed by atoms with Crippen molar-refractivity contribution in [3.63, 3.8) is 0 Å². The van der Waals surface area contributed by atoms with Crippen molar-refractivity contribution in [3.8, 4) is 11.3 Å². The maximum absolute atomic E-state index is 6.13. The van der Waals surface area contributed by atoms with E-state index in [4.69, 9.17) is 16.0 Å². The Kier molecular flexibility index (Phi) is 4.33. The van der Waals surface area contributed by atoms with Crippen LogP contribution >= 0.6 is 24.0 Å². The molecule has 1 saturated carbocycles. The van der Waals surface area contributed by atoms with Crippen LogP contribution in [0.25, 0.3) is 11.3 Å². The summed E-state index contributed by atoms with van der Waals surface area (Å²) >= 11 is 6.13. The van der Waals surface area contributed by atoms with Gasteiger partial charge >= 0.3 is 0 Å². The van der Waals surface area contributed by atoms with Crippen molar-refractivity contribution in [2.75, 3.05) is 0 Å². The summed E-state index contributed by atoms with van der Waals surface area (Å²) in [6.07, 6.45) is 2.58. The van der Waals surface area contributed by atoms with Crippen LogP contribution in [0.2, 0.25) is 5.02 Å². The zero-order valence-corrected chi connectivity index (χ0v) is 11.4. The quantitative estimate of drug-likeness (QED) is 0.906. The van der Waals surface area contributed by atoms with Gasteiger partial charge in [-0.05, 0) is 37.1 Å². The molecule has 0 spiro atoms. The molecule has 3 rings (SSSR count). The van der Waals surface area contributed by atoms with Gasteiger partial charge in [0.2, 0.25) is 0 Å².